The Hall–Kier alpha value is -0.580. The van der Waals surface area contributed by atoms with Crippen molar-refractivity contribution >= 4 is 11.8 Å². The minimum Gasteiger partial charge on any atom is -0.396 e. The molecule has 0 amide bonds. The zero-order valence-electron chi connectivity index (χ0n) is 8.31. The zero-order valence-corrected chi connectivity index (χ0v) is 9.13. The molecule has 0 spiro atoms. The van der Waals surface area contributed by atoms with Gasteiger partial charge in [0.05, 0.1) is 12.3 Å². The van der Waals surface area contributed by atoms with Crippen LogP contribution in [0.25, 0.3) is 0 Å². The predicted molar refractivity (Wildman–Crippen MR) is 59.3 cm³/mol. The van der Waals surface area contributed by atoms with Crippen LogP contribution < -0.4 is 5.73 Å². The van der Waals surface area contributed by atoms with E-state index in [0.29, 0.717) is 5.75 Å². The molecule has 0 bridgehead atoms. The summed E-state index contributed by atoms with van der Waals surface area (Å²) < 4.78 is 0. The average Bonchev–Trinajstić information content (AvgIpc) is 2.26. The molecule has 0 aliphatic rings. The molecule has 3 nitrogen and oxygen atoms in total. The molecule has 1 atom stereocenters. The maximum Gasteiger partial charge on any atom is 0.0571 e. The SMILES string of the molecule is CCC(N)c1ccc(SCCO)cn1. The molecule has 1 heterocycles. The first kappa shape index (κ1) is 11.5. The summed E-state index contributed by atoms with van der Waals surface area (Å²) in [7, 11) is 0. The number of nitrogens with two attached hydrogens (primary N) is 1. The fraction of sp³-hybridized carbons (Fsp3) is 0.500. The lowest BCUT2D eigenvalue weighted by molar-refractivity contribution is 0.322. The van der Waals surface area contributed by atoms with Crippen LogP contribution in [-0.2, 0) is 0 Å². The quantitative estimate of drug-likeness (QED) is 0.727. The molecular weight excluding hydrogens is 196 g/mol. The van der Waals surface area contributed by atoms with Crippen LogP contribution in [-0.4, -0.2) is 22.5 Å². The van der Waals surface area contributed by atoms with Crippen LogP contribution in [0.15, 0.2) is 23.2 Å². The number of pyridine rings is 1. The first-order valence-corrected chi connectivity index (χ1v) is 5.71. The van der Waals surface area contributed by atoms with E-state index in [1.165, 1.54) is 0 Å². The predicted octanol–water partition coefficient (Wildman–Crippen LogP) is 1.58. The molecule has 0 aromatic carbocycles. The first-order valence-electron chi connectivity index (χ1n) is 4.73. The fourth-order valence-corrected chi connectivity index (χ4v) is 1.69. The van der Waals surface area contributed by atoms with E-state index in [9.17, 15) is 0 Å². The summed E-state index contributed by atoms with van der Waals surface area (Å²) in [5.74, 6) is 0.709. The van der Waals surface area contributed by atoms with Gasteiger partial charge in [-0.15, -0.1) is 11.8 Å². The number of aromatic nitrogens is 1. The van der Waals surface area contributed by atoms with Crippen molar-refractivity contribution in [1.29, 1.82) is 0 Å². The Balaban J connectivity index is 2.59. The number of nitrogens with zero attached hydrogens (tertiary/aromatic N) is 1. The highest BCUT2D eigenvalue weighted by Crippen LogP contribution is 2.18. The summed E-state index contributed by atoms with van der Waals surface area (Å²) in [4.78, 5) is 5.35. The molecule has 1 aromatic rings. The van der Waals surface area contributed by atoms with E-state index in [4.69, 9.17) is 10.8 Å². The molecule has 0 saturated carbocycles. The molecule has 4 heteroatoms. The van der Waals surface area contributed by atoms with Crippen molar-refractivity contribution in [3.8, 4) is 0 Å². The molecule has 78 valence electrons. The highest BCUT2D eigenvalue weighted by Gasteiger charge is 2.03. The monoisotopic (exact) mass is 212 g/mol. The summed E-state index contributed by atoms with van der Waals surface area (Å²) in [6, 6.07) is 3.98. The van der Waals surface area contributed by atoms with Gasteiger partial charge < -0.3 is 10.8 Å². The van der Waals surface area contributed by atoms with Gasteiger partial charge >= 0.3 is 0 Å². The number of hydrogen-bond acceptors (Lipinski definition) is 4. The highest BCUT2D eigenvalue weighted by atomic mass is 32.2. The van der Waals surface area contributed by atoms with Crippen molar-refractivity contribution in [2.45, 2.75) is 24.3 Å². The molecule has 0 saturated heterocycles. The van der Waals surface area contributed by atoms with E-state index in [1.54, 1.807) is 11.8 Å². The third kappa shape index (κ3) is 3.29. The Bertz CT molecular complexity index is 263. The number of aliphatic hydroxyl groups is 1. The van der Waals surface area contributed by atoms with Gasteiger partial charge in [0, 0.05) is 22.9 Å². The molecule has 1 unspecified atom stereocenters. The Kier molecular flexibility index (Phi) is 4.93. The third-order valence-electron chi connectivity index (χ3n) is 1.94. The van der Waals surface area contributed by atoms with Crippen molar-refractivity contribution in [3.63, 3.8) is 0 Å². The van der Waals surface area contributed by atoms with E-state index < -0.39 is 0 Å². The van der Waals surface area contributed by atoms with E-state index in [-0.39, 0.29) is 12.6 Å². The maximum absolute atomic E-state index is 8.65. The van der Waals surface area contributed by atoms with Gasteiger partial charge in [0.15, 0.2) is 0 Å². The van der Waals surface area contributed by atoms with Gasteiger partial charge in [0.2, 0.25) is 0 Å². The summed E-state index contributed by atoms with van der Waals surface area (Å²) in [5.41, 5.74) is 6.77. The lowest BCUT2D eigenvalue weighted by Crippen LogP contribution is -2.10. The molecule has 0 aliphatic carbocycles. The fourth-order valence-electron chi connectivity index (χ4n) is 1.07. The molecule has 0 radical (unpaired) electrons. The van der Waals surface area contributed by atoms with E-state index in [1.807, 2.05) is 25.3 Å². The van der Waals surface area contributed by atoms with Gasteiger partial charge in [-0.05, 0) is 18.6 Å². The third-order valence-corrected chi connectivity index (χ3v) is 2.90. The van der Waals surface area contributed by atoms with Crippen LogP contribution in [0.2, 0.25) is 0 Å². The van der Waals surface area contributed by atoms with Crippen molar-refractivity contribution in [2.24, 2.45) is 5.73 Å². The smallest absolute Gasteiger partial charge is 0.0571 e. The van der Waals surface area contributed by atoms with Crippen LogP contribution in [0.4, 0.5) is 0 Å². The summed E-state index contributed by atoms with van der Waals surface area (Å²) in [5, 5.41) is 8.65. The molecule has 1 aromatic heterocycles. The van der Waals surface area contributed by atoms with Crippen LogP contribution in [0.1, 0.15) is 25.1 Å². The molecule has 3 N–H and O–H groups in total. The number of hydrogen-bond donors (Lipinski definition) is 2. The zero-order chi connectivity index (χ0) is 10.4. The largest absolute Gasteiger partial charge is 0.396 e. The molecule has 0 aliphatic heterocycles. The van der Waals surface area contributed by atoms with Gasteiger partial charge in [-0.3, -0.25) is 4.98 Å². The number of thioether (sulfide) groups is 1. The number of aliphatic hydroxyl groups excluding tert-OH is 1. The van der Waals surface area contributed by atoms with Gasteiger partial charge in [0.1, 0.15) is 0 Å². The number of rotatable bonds is 5. The molecule has 0 fully saturated rings. The standard InChI is InChI=1S/C10H16N2OS/c1-2-9(11)10-4-3-8(7-12-10)14-6-5-13/h3-4,7,9,13H,2,5-6,11H2,1H3. The van der Waals surface area contributed by atoms with Crippen molar-refractivity contribution < 1.29 is 5.11 Å². The molecule has 1 rings (SSSR count). The lowest BCUT2D eigenvalue weighted by atomic mass is 10.1. The lowest BCUT2D eigenvalue weighted by Gasteiger charge is -2.08. The van der Waals surface area contributed by atoms with Gasteiger partial charge in [-0.1, -0.05) is 6.92 Å². The average molecular weight is 212 g/mol. The van der Waals surface area contributed by atoms with Crippen molar-refractivity contribution in [2.75, 3.05) is 12.4 Å². The molecule has 14 heavy (non-hydrogen) atoms. The molecular formula is C10H16N2OS. The van der Waals surface area contributed by atoms with Crippen LogP contribution in [0.5, 0.6) is 0 Å². The van der Waals surface area contributed by atoms with Crippen LogP contribution >= 0.6 is 11.8 Å². The maximum atomic E-state index is 8.65. The van der Waals surface area contributed by atoms with Crippen molar-refractivity contribution in [1.82, 2.24) is 4.98 Å². The summed E-state index contributed by atoms with van der Waals surface area (Å²) in [6.07, 6.45) is 2.71. The summed E-state index contributed by atoms with van der Waals surface area (Å²) in [6.45, 7) is 2.24. The van der Waals surface area contributed by atoms with Gasteiger partial charge in [-0.2, -0.15) is 0 Å². The second kappa shape index (κ2) is 6.01. The second-order valence-corrected chi connectivity index (χ2v) is 4.17. The Morgan fingerprint density at radius 2 is 2.36 bits per heavy atom. The summed E-state index contributed by atoms with van der Waals surface area (Å²) >= 11 is 1.60. The van der Waals surface area contributed by atoms with E-state index >= 15 is 0 Å². The second-order valence-electron chi connectivity index (χ2n) is 3.01. The minimum absolute atomic E-state index is 0.0342. The Morgan fingerprint density at radius 1 is 1.57 bits per heavy atom. The van der Waals surface area contributed by atoms with Gasteiger partial charge in [0.25, 0.3) is 0 Å². The Labute approximate surface area is 88.7 Å². The van der Waals surface area contributed by atoms with Crippen LogP contribution in [0, 0.1) is 0 Å². The van der Waals surface area contributed by atoms with Crippen molar-refractivity contribution in [3.05, 3.63) is 24.0 Å². The van der Waals surface area contributed by atoms with Gasteiger partial charge in [-0.25, -0.2) is 0 Å². The topological polar surface area (TPSA) is 59.1 Å². The highest BCUT2D eigenvalue weighted by molar-refractivity contribution is 7.99. The first-order chi connectivity index (χ1) is 6.77. The van der Waals surface area contributed by atoms with E-state index in [0.717, 1.165) is 17.0 Å². The van der Waals surface area contributed by atoms with Crippen LogP contribution in [0.3, 0.4) is 0 Å². The normalized spacial score (nSPS) is 12.8. The Morgan fingerprint density at radius 3 is 2.86 bits per heavy atom. The van der Waals surface area contributed by atoms with E-state index in [2.05, 4.69) is 4.98 Å². The minimum atomic E-state index is 0.0342.